The Bertz CT molecular complexity index is 936. The van der Waals surface area contributed by atoms with Crippen LogP contribution in [-0.4, -0.2) is 30.7 Å². The van der Waals surface area contributed by atoms with Crippen LogP contribution in [0.4, 0.5) is 0 Å². The van der Waals surface area contributed by atoms with Gasteiger partial charge >= 0.3 is 11.9 Å². The van der Waals surface area contributed by atoms with Crippen LogP contribution in [0.2, 0.25) is 0 Å². The van der Waals surface area contributed by atoms with Crippen LogP contribution in [-0.2, 0) is 14.3 Å². The van der Waals surface area contributed by atoms with Crippen LogP contribution in [0.5, 0.6) is 0 Å². The first-order chi connectivity index (χ1) is 13.2. The molecule has 6 heteroatoms. The second-order valence-electron chi connectivity index (χ2n) is 5.66. The molecule has 1 unspecified atom stereocenters. The van der Waals surface area contributed by atoms with Gasteiger partial charge in [0.15, 0.2) is 0 Å². The topological polar surface area (TPSA) is 57.5 Å². The Morgan fingerprint density at radius 1 is 0.889 bits per heavy atom. The number of ether oxygens (including phenoxy) is 2. The Kier molecular flexibility index (Phi) is 5.98. The first kappa shape index (κ1) is 18.8. The van der Waals surface area contributed by atoms with Gasteiger partial charge < -0.3 is 14.0 Å². The van der Waals surface area contributed by atoms with E-state index in [0.717, 1.165) is 10.6 Å². The molecule has 138 valence electrons. The largest absolute Gasteiger partial charge is 0.468 e. The monoisotopic (exact) mass is 381 g/mol. The maximum Gasteiger partial charge on any atom is 0.339 e. The van der Waals surface area contributed by atoms with Crippen molar-refractivity contribution in [3.63, 3.8) is 0 Å². The summed E-state index contributed by atoms with van der Waals surface area (Å²) in [6.07, 6.45) is 1.85. The van der Waals surface area contributed by atoms with Crippen molar-refractivity contribution >= 4 is 23.7 Å². The SMILES string of the molecule is COC(=O)c1ccccc1-n1cccc1SC(C(=O)OC)c1ccccc1. The minimum Gasteiger partial charge on any atom is -0.468 e. The van der Waals surface area contributed by atoms with Crippen molar-refractivity contribution in [1.29, 1.82) is 0 Å². The van der Waals surface area contributed by atoms with Crippen molar-refractivity contribution in [3.05, 3.63) is 84.1 Å². The van der Waals surface area contributed by atoms with Crippen LogP contribution in [0.15, 0.2) is 78.0 Å². The molecule has 0 aliphatic rings. The van der Waals surface area contributed by atoms with E-state index in [2.05, 4.69) is 0 Å². The zero-order chi connectivity index (χ0) is 19.2. The van der Waals surface area contributed by atoms with E-state index in [1.165, 1.54) is 26.0 Å². The number of methoxy groups -OCH3 is 2. The minimum absolute atomic E-state index is 0.333. The van der Waals surface area contributed by atoms with E-state index in [1.54, 1.807) is 12.1 Å². The molecule has 0 aliphatic heterocycles. The van der Waals surface area contributed by atoms with Gasteiger partial charge in [0.05, 0.1) is 30.5 Å². The number of rotatable bonds is 6. The molecule has 27 heavy (non-hydrogen) atoms. The van der Waals surface area contributed by atoms with Crippen LogP contribution in [0.1, 0.15) is 21.2 Å². The summed E-state index contributed by atoms with van der Waals surface area (Å²) in [5, 5.41) is 0.292. The summed E-state index contributed by atoms with van der Waals surface area (Å²) in [7, 11) is 2.73. The smallest absolute Gasteiger partial charge is 0.339 e. The number of nitrogens with zero attached hydrogens (tertiary/aromatic N) is 1. The van der Waals surface area contributed by atoms with Crippen LogP contribution >= 0.6 is 11.8 Å². The van der Waals surface area contributed by atoms with Crippen LogP contribution < -0.4 is 0 Å². The second-order valence-corrected chi connectivity index (χ2v) is 6.78. The molecule has 0 aliphatic carbocycles. The van der Waals surface area contributed by atoms with Crippen LogP contribution in [0.25, 0.3) is 5.69 Å². The quantitative estimate of drug-likeness (QED) is 0.471. The van der Waals surface area contributed by atoms with Crippen molar-refractivity contribution in [2.75, 3.05) is 14.2 Å². The van der Waals surface area contributed by atoms with Crippen molar-refractivity contribution in [2.24, 2.45) is 0 Å². The molecule has 1 atom stereocenters. The van der Waals surface area contributed by atoms with Gasteiger partial charge in [-0.3, -0.25) is 4.79 Å². The van der Waals surface area contributed by atoms with Crippen LogP contribution in [0.3, 0.4) is 0 Å². The van der Waals surface area contributed by atoms with E-state index >= 15 is 0 Å². The Hall–Kier alpha value is -2.99. The van der Waals surface area contributed by atoms with Crippen molar-refractivity contribution < 1.29 is 19.1 Å². The molecule has 0 fully saturated rings. The summed E-state index contributed by atoms with van der Waals surface area (Å²) in [5.41, 5.74) is 1.99. The highest BCUT2D eigenvalue weighted by atomic mass is 32.2. The van der Waals surface area contributed by atoms with Gasteiger partial charge in [-0.25, -0.2) is 4.79 Å². The summed E-state index contributed by atoms with van der Waals surface area (Å²) in [6, 6.07) is 20.4. The molecule has 0 N–H and O–H groups in total. The Morgan fingerprint density at radius 2 is 1.59 bits per heavy atom. The maximum atomic E-state index is 12.4. The molecule has 5 nitrogen and oxygen atoms in total. The molecule has 0 saturated heterocycles. The third-order valence-corrected chi connectivity index (χ3v) is 5.31. The summed E-state index contributed by atoms with van der Waals surface area (Å²) < 4.78 is 11.8. The molecule has 0 saturated carbocycles. The maximum absolute atomic E-state index is 12.4. The number of aromatic nitrogens is 1. The third-order valence-electron chi connectivity index (χ3n) is 4.04. The van der Waals surface area contributed by atoms with Gasteiger partial charge in [0, 0.05) is 6.20 Å². The Balaban J connectivity index is 2.00. The van der Waals surface area contributed by atoms with E-state index in [0.29, 0.717) is 11.3 Å². The van der Waals surface area contributed by atoms with Crippen molar-refractivity contribution in [2.45, 2.75) is 10.3 Å². The zero-order valence-corrected chi connectivity index (χ0v) is 15.8. The number of carbonyl (C=O) groups is 2. The number of thioether (sulfide) groups is 1. The van der Waals surface area contributed by atoms with Crippen molar-refractivity contribution in [1.82, 2.24) is 4.57 Å². The molecular weight excluding hydrogens is 362 g/mol. The van der Waals surface area contributed by atoms with Gasteiger partial charge in [-0.2, -0.15) is 0 Å². The number of para-hydroxylation sites is 1. The number of hydrogen-bond acceptors (Lipinski definition) is 5. The highest BCUT2D eigenvalue weighted by Gasteiger charge is 2.25. The summed E-state index contributed by atoms with van der Waals surface area (Å²) in [6.45, 7) is 0. The molecule has 0 amide bonds. The van der Waals surface area contributed by atoms with Crippen molar-refractivity contribution in [3.8, 4) is 5.69 Å². The van der Waals surface area contributed by atoms with Gasteiger partial charge in [-0.1, -0.05) is 54.2 Å². The summed E-state index contributed by atoms with van der Waals surface area (Å²) >= 11 is 1.37. The van der Waals surface area contributed by atoms with Gasteiger partial charge in [0.1, 0.15) is 5.25 Å². The third kappa shape index (κ3) is 4.06. The molecular formula is C21H19NO4S. The number of hydrogen-bond donors (Lipinski definition) is 0. The fraction of sp³-hybridized carbons (Fsp3) is 0.143. The summed E-state index contributed by atoms with van der Waals surface area (Å²) in [5.74, 6) is -0.747. The lowest BCUT2D eigenvalue weighted by atomic mass is 10.1. The fourth-order valence-corrected chi connectivity index (χ4v) is 3.89. The highest BCUT2D eigenvalue weighted by Crippen LogP contribution is 2.37. The Labute approximate surface area is 161 Å². The molecule has 3 aromatic rings. The van der Waals surface area contributed by atoms with E-state index < -0.39 is 11.2 Å². The fourth-order valence-electron chi connectivity index (χ4n) is 2.73. The first-order valence-corrected chi connectivity index (χ1v) is 9.18. The van der Waals surface area contributed by atoms with Crippen LogP contribution in [0, 0.1) is 0 Å². The minimum atomic E-state index is -0.518. The van der Waals surface area contributed by atoms with Gasteiger partial charge in [-0.15, -0.1) is 0 Å². The van der Waals surface area contributed by atoms with E-state index in [1.807, 2.05) is 65.4 Å². The number of benzene rings is 2. The average molecular weight is 381 g/mol. The molecule has 0 bridgehead atoms. The predicted octanol–water partition coefficient (Wildman–Crippen LogP) is 4.27. The lowest BCUT2D eigenvalue weighted by Crippen LogP contribution is -2.12. The predicted molar refractivity (Wildman–Crippen MR) is 104 cm³/mol. The van der Waals surface area contributed by atoms with Gasteiger partial charge in [0.2, 0.25) is 0 Å². The molecule has 3 rings (SSSR count). The van der Waals surface area contributed by atoms with Gasteiger partial charge in [-0.05, 0) is 29.8 Å². The van der Waals surface area contributed by atoms with E-state index in [4.69, 9.17) is 9.47 Å². The van der Waals surface area contributed by atoms with E-state index in [-0.39, 0.29) is 5.97 Å². The second kappa shape index (κ2) is 8.60. The van der Waals surface area contributed by atoms with E-state index in [9.17, 15) is 9.59 Å². The summed E-state index contributed by atoms with van der Waals surface area (Å²) in [4.78, 5) is 24.5. The van der Waals surface area contributed by atoms with Gasteiger partial charge in [0.25, 0.3) is 0 Å². The lowest BCUT2D eigenvalue weighted by Gasteiger charge is -2.17. The number of carbonyl (C=O) groups excluding carboxylic acids is 2. The highest BCUT2D eigenvalue weighted by molar-refractivity contribution is 8.00. The Morgan fingerprint density at radius 3 is 2.30 bits per heavy atom. The molecule has 1 heterocycles. The zero-order valence-electron chi connectivity index (χ0n) is 15.0. The molecule has 0 spiro atoms. The lowest BCUT2D eigenvalue weighted by molar-refractivity contribution is -0.140. The number of esters is 2. The molecule has 2 aromatic carbocycles. The first-order valence-electron chi connectivity index (χ1n) is 8.30. The average Bonchev–Trinajstić information content (AvgIpc) is 3.19. The molecule has 1 aromatic heterocycles. The molecule has 0 radical (unpaired) electrons. The standard InChI is InChI=1S/C21H19NO4S/c1-25-20(23)16-11-6-7-12-17(16)22-14-8-13-18(22)27-19(21(24)26-2)15-9-4-3-5-10-15/h3-14,19H,1-2H3. The normalized spacial score (nSPS) is 11.6.